The van der Waals surface area contributed by atoms with Crippen LogP contribution in [0, 0.1) is 4.77 Å². The van der Waals surface area contributed by atoms with E-state index in [9.17, 15) is 0 Å². The first kappa shape index (κ1) is 16.9. The Balaban J connectivity index is 1.89. The molecule has 0 aliphatic carbocycles. The van der Waals surface area contributed by atoms with E-state index in [1.165, 1.54) is 0 Å². The molecule has 0 radical (unpaired) electrons. The molecule has 126 valence electrons. The largest absolute Gasteiger partial charge is 0.497 e. The highest BCUT2D eigenvalue weighted by Gasteiger charge is 2.08. The van der Waals surface area contributed by atoms with Gasteiger partial charge >= 0.3 is 0 Å². The Labute approximate surface area is 151 Å². The molecule has 6 heteroatoms. The molecule has 3 rings (SSSR count). The maximum absolute atomic E-state index is 5.29. The third kappa shape index (κ3) is 4.10. The van der Waals surface area contributed by atoms with E-state index in [4.69, 9.17) is 17.0 Å². The van der Waals surface area contributed by atoms with Gasteiger partial charge in [-0.1, -0.05) is 36.4 Å². The molecule has 0 spiro atoms. The summed E-state index contributed by atoms with van der Waals surface area (Å²) in [6.07, 6.45) is 3.82. The normalized spacial score (nSPS) is 11.8. The summed E-state index contributed by atoms with van der Waals surface area (Å²) >= 11 is 5.29. The summed E-state index contributed by atoms with van der Waals surface area (Å²) in [5.74, 6) is 1.44. The topological polar surface area (TPSA) is 55.2 Å². The van der Waals surface area contributed by atoms with E-state index in [-0.39, 0.29) is 0 Å². The number of allylic oxidation sites excluding steroid dienone is 1. The number of ether oxygens (including phenoxy) is 1. The molecule has 0 aliphatic rings. The Bertz CT molecular complexity index is 953. The summed E-state index contributed by atoms with van der Waals surface area (Å²) in [6.45, 7) is 1.99. The van der Waals surface area contributed by atoms with Crippen LogP contribution in [0.2, 0.25) is 0 Å². The maximum atomic E-state index is 5.29. The van der Waals surface area contributed by atoms with Gasteiger partial charge in [-0.05, 0) is 54.5 Å². The van der Waals surface area contributed by atoms with E-state index in [0.717, 1.165) is 22.4 Å². The first-order valence-electron chi connectivity index (χ1n) is 7.77. The zero-order chi connectivity index (χ0) is 17.6. The molecule has 0 amide bonds. The third-order valence-corrected chi connectivity index (χ3v) is 3.83. The quantitative estimate of drug-likeness (QED) is 0.542. The van der Waals surface area contributed by atoms with Gasteiger partial charge in [0.05, 0.1) is 13.3 Å². The summed E-state index contributed by atoms with van der Waals surface area (Å²) in [6, 6.07) is 17.7. The monoisotopic (exact) mass is 350 g/mol. The summed E-state index contributed by atoms with van der Waals surface area (Å²) in [7, 11) is 1.64. The Morgan fingerprint density at radius 1 is 1.16 bits per heavy atom. The number of aromatic nitrogens is 3. The summed E-state index contributed by atoms with van der Waals surface area (Å²) in [4.78, 5) is 0. The Kier molecular flexibility index (Phi) is 5.20. The molecular weight excluding hydrogens is 332 g/mol. The number of hydrogen-bond donors (Lipinski definition) is 1. The average molecular weight is 350 g/mol. The predicted molar refractivity (Wildman–Crippen MR) is 103 cm³/mol. The van der Waals surface area contributed by atoms with Crippen molar-refractivity contribution < 1.29 is 4.74 Å². The van der Waals surface area contributed by atoms with E-state index < -0.39 is 0 Å². The Morgan fingerprint density at radius 2 is 1.88 bits per heavy atom. The molecule has 1 heterocycles. The first-order valence-corrected chi connectivity index (χ1v) is 8.18. The van der Waals surface area contributed by atoms with Gasteiger partial charge in [0.2, 0.25) is 4.77 Å². The van der Waals surface area contributed by atoms with Crippen molar-refractivity contribution in [3.8, 4) is 17.1 Å². The third-order valence-electron chi connectivity index (χ3n) is 3.57. The van der Waals surface area contributed by atoms with Crippen LogP contribution in [-0.4, -0.2) is 28.2 Å². The van der Waals surface area contributed by atoms with Crippen LogP contribution in [0.4, 0.5) is 0 Å². The fourth-order valence-corrected chi connectivity index (χ4v) is 2.50. The highest BCUT2D eigenvalue weighted by Crippen LogP contribution is 2.20. The van der Waals surface area contributed by atoms with Crippen LogP contribution in [0.1, 0.15) is 12.5 Å². The maximum Gasteiger partial charge on any atom is 0.216 e. The Morgan fingerprint density at radius 3 is 2.56 bits per heavy atom. The summed E-state index contributed by atoms with van der Waals surface area (Å²) < 4.78 is 7.23. The fourth-order valence-electron chi connectivity index (χ4n) is 2.32. The van der Waals surface area contributed by atoms with Crippen molar-refractivity contribution in [1.29, 1.82) is 0 Å². The lowest BCUT2D eigenvalue weighted by Gasteiger charge is -2.03. The smallest absolute Gasteiger partial charge is 0.216 e. The van der Waals surface area contributed by atoms with Crippen molar-refractivity contribution in [1.82, 2.24) is 14.9 Å². The molecule has 3 aromatic rings. The van der Waals surface area contributed by atoms with Crippen molar-refractivity contribution in [3.63, 3.8) is 0 Å². The van der Waals surface area contributed by atoms with Gasteiger partial charge < -0.3 is 4.74 Å². The van der Waals surface area contributed by atoms with Gasteiger partial charge in [0.15, 0.2) is 5.82 Å². The number of rotatable bonds is 5. The average Bonchev–Trinajstić information content (AvgIpc) is 3.01. The molecule has 0 aliphatic heterocycles. The van der Waals surface area contributed by atoms with Crippen LogP contribution < -0.4 is 4.74 Å². The zero-order valence-electron chi connectivity index (χ0n) is 14.0. The molecule has 1 aromatic heterocycles. The minimum Gasteiger partial charge on any atom is -0.497 e. The van der Waals surface area contributed by atoms with Crippen LogP contribution in [0.3, 0.4) is 0 Å². The molecule has 0 unspecified atom stereocenters. The van der Waals surface area contributed by atoms with E-state index in [1.54, 1.807) is 18.0 Å². The molecule has 25 heavy (non-hydrogen) atoms. The van der Waals surface area contributed by atoms with Crippen LogP contribution >= 0.6 is 12.2 Å². The number of nitrogens with zero attached hydrogens (tertiary/aromatic N) is 3. The number of H-pyrrole nitrogens is 1. The lowest BCUT2D eigenvalue weighted by molar-refractivity contribution is 0.415. The molecular formula is C19H18N4OS. The van der Waals surface area contributed by atoms with Crippen molar-refractivity contribution in [3.05, 3.63) is 70.5 Å². The predicted octanol–water partition coefficient (Wildman–Crippen LogP) is 4.55. The molecule has 1 N–H and O–H groups in total. The highest BCUT2D eigenvalue weighted by molar-refractivity contribution is 7.71. The second-order valence-corrected chi connectivity index (χ2v) is 5.82. The van der Waals surface area contributed by atoms with Gasteiger partial charge in [-0.25, -0.2) is 5.10 Å². The standard InChI is InChI=1S/C19H18N4OS/c1-14(12-15-6-4-3-5-7-15)13-20-23-18(21-22-19(23)25)16-8-10-17(24-2)11-9-16/h3-13H,1-2H3,(H,22,25)/b14-12+,20-13?. The van der Waals surface area contributed by atoms with Crippen LogP contribution in [0.5, 0.6) is 5.75 Å². The second-order valence-electron chi connectivity index (χ2n) is 5.44. The molecule has 0 atom stereocenters. The van der Waals surface area contributed by atoms with Gasteiger partial charge in [0.25, 0.3) is 0 Å². The minimum atomic E-state index is 0.439. The van der Waals surface area contributed by atoms with Gasteiger partial charge in [-0.3, -0.25) is 0 Å². The van der Waals surface area contributed by atoms with Crippen LogP contribution in [0.25, 0.3) is 17.5 Å². The highest BCUT2D eigenvalue weighted by atomic mass is 32.1. The molecule has 0 saturated carbocycles. The molecule has 0 fully saturated rings. The van der Waals surface area contributed by atoms with Gasteiger partial charge in [-0.15, -0.1) is 0 Å². The SMILES string of the molecule is COc1ccc(-c2n[nH]c(=S)n2N=C/C(C)=C/c2ccccc2)cc1. The minimum absolute atomic E-state index is 0.439. The number of benzene rings is 2. The zero-order valence-corrected chi connectivity index (χ0v) is 14.8. The lowest BCUT2D eigenvalue weighted by atomic mass is 10.1. The van der Waals surface area contributed by atoms with Crippen molar-refractivity contribution >= 4 is 24.5 Å². The van der Waals surface area contributed by atoms with Crippen LogP contribution in [0.15, 0.2) is 65.3 Å². The first-order chi connectivity index (χ1) is 12.2. The fraction of sp³-hybridized carbons (Fsp3) is 0.105. The van der Waals surface area contributed by atoms with E-state index in [0.29, 0.717) is 10.6 Å². The van der Waals surface area contributed by atoms with Crippen molar-refractivity contribution in [2.24, 2.45) is 5.10 Å². The van der Waals surface area contributed by atoms with Crippen molar-refractivity contribution in [2.75, 3.05) is 7.11 Å². The van der Waals surface area contributed by atoms with Gasteiger partial charge in [0.1, 0.15) is 5.75 Å². The molecule has 0 bridgehead atoms. The van der Waals surface area contributed by atoms with Crippen molar-refractivity contribution in [2.45, 2.75) is 6.92 Å². The molecule has 5 nitrogen and oxygen atoms in total. The van der Waals surface area contributed by atoms with Gasteiger partial charge in [0, 0.05) is 5.56 Å². The Hall–Kier alpha value is -2.99. The number of nitrogens with one attached hydrogen (secondary N) is 1. The molecule has 2 aromatic carbocycles. The summed E-state index contributed by atoms with van der Waals surface area (Å²) in [5.41, 5.74) is 3.03. The van der Waals surface area contributed by atoms with Gasteiger partial charge in [-0.2, -0.15) is 14.9 Å². The number of hydrogen-bond acceptors (Lipinski definition) is 4. The number of aromatic amines is 1. The van der Waals surface area contributed by atoms with E-state index in [1.807, 2.05) is 61.5 Å². The molecule has 0 saturated heterocycles. The lowest BCUT2D eigenvalue weighted by Crippen LogP contribution is -1.95. The van der Waals surface area contributed by atoms with E-state index in [2.05, 4.69) is 21.4 Å². The summed E-state index contributed by atoms with van der Waals surface area (Å²) in [5, 5.41) is 11.5. The van der Waals surface area contributed by atoms with Crippen LogP contribution in [-0.2, 0) is 0 Å². The number of methoxy groups -OCH3 is 1. The second kappa shape index (κ2) is 7.72. The van der Waals surface area contributed by atoms with E-state index >= 15 is 0 Å².